The molecule has 30 heavy (non-hydrogen) atoms. The number of fused-ring (bicyclic) bond motifs is 5. The van der Waals surface area contributed by atoms with E-state index in [9.17, 15) is 9.90 Å². The fourth-order valence-corrected chi connectivity index (χ4v) is 9.36. The molecule has 4 rings (SSSR count). The molecule has 0 heterocycles. The van der Waals surface area contributed by atoms with E-state index in [-0.39, 0.29) is 12.5 Å². The van der Waals surface area contributed by atoms with E-state index >= 15 is 0 Å². The van der Waals surface area contributed by atoms with Crippen LogP contribution >= 0.6 is 0 Å². The van der Waals surface area contributed by atoms with Crippen molar-refractivity contribution in [3.05, 3.63) is 5.57 Å². The van der Waals surface area contributed by atoms with Gasteiger partial charge in [0.2, 0.25) is 0 Å². The number of aliphatic hydroxyl groups is 1. The molecule has 0 bridgehead atoms. The second-order valence-electron chi connectivity index (χ2n) is 12.4. The first kappa shape index (κ1) is 22.6. The summed E-state index contributed by atoms with van der Waals surface area (Å²) in [4.78, 5) is 11.4. The van der Waals surface area contributed by atoms with Crippen LogP contribution in [0.25, 0.3) is 0 Å². The topological polar surface area (TPSA) is 37.3 Å². The predicted octanol–water partition coefficient (Wildman–Crippen LogP) is 6.84. The normalized spacial score (nSPS) is 44.9. The van der Waals surface area contributed by atoms with Gasteiger partial charge in [-0.15, -0.1) is 0 Å². The fraction of sp³-hybridized carbons (Fsp3) is 0.929. The van der Waals surface area contributed by atoms with Crippen LogP contribution in [-0.2, 0) is 4.79 Å². The molecule has 4 fully saturated rings. The quantitative estimate of drug-likeness (QED) is 0.483. The highest BCUT2D eigenvalue weighted by atomic mass is 16.3. The van der Waals surface area contributed by atoms with Crippen molar-refractivity contribution in [3.8, 4) is 0 Å². The molecule has 4 aliphatic rings. The van der Waals surface area contributed by atoms with Crippen LogP contribution in [0.1, 0.15) is 105 Å². The number of rotatable bonds is 6. The summed E-state index contributed by atoms with van der Waals surface area (Å²) in [5.74, 6) is 7.46. The molecule has 0 aromatic heterocycles. The van der Waals surface area contributed by atoms with Gasteiger partial charge in [0.05, 0.1) is 6.61 Å². The molecule has 0 saturated heterocycles. The van der Waals surface area contributed by atoms with Crippen LogP contribution in [-0.4, -0.2) is 17.7 Å². The van der Waals surface area contributed by atoms with Crippen molar-refractivity contribution in [3.63, 3.8) is 0 Å². The summed E-state index contributed by atoms with van der Waals surface area (Å²) < 4.78 is 0. The molecule has 2 unspecified atom stereocenters. The molecule has 0 aliphatic heterocycles. The minimum atomic E-state index is -0.0385. The minimum Gasteiger partial charge on any atom is -0.396 e. The molecule has 0 aromatic carbocycles. The summed E-state index contributed by atoms with van der Waals surface area (Å²) in [6, 6.07) is 0. The van der Waals surface area contributed by atoms with Gasteiger partial charge in [0, 0.05) is 11.5 Å². The zero-order valence-corrected chi connectivity index (χ0v) is 20.1. The zero-order chi connectivity index (χ0) is 21.5. The van der Waals surface area contributed by atoms with E-state index in [2.05, 4.69) is 26.7 Å². The van der Waals surface area contributed by atoms with E-state index in [0.29, 0.717) is 16.7 Å². The maximum Gasteiger partial charge on any atom is 0.123 e. The van der Waals surface area contributed by atoms with Gasteiger partial charge in [-0.2, -0.15) is 0 Å². The molecular formula is C28H46O2. The lowest BCUT2D eigenvalue weighted by atomic mass is 9.44. The Balaban J connectivity index is 1.45. The van der Waals surface area contributed by atoms with Crippen LogP contribution in [0.4, 0.5) is 0 Å². The van der Waals surface area contributed by atoms with Crippen molar-refractivity contribution in [1.29, 1.82) is 0 Å². The highest BCUT2D eigenvalue weighted by molar-refractivity contribution is 5.53. The van der Waals surface area contributed by atoms with Gasteiger partial charge in [0.15, 0.2) is 0 Å². The van der Waals surface area contributed by atoms with Crippen LogP contribution in [0.2, 0.25) is 0 Å². The molecule has 1 N–H and O–H groups in total. The molecule has 0 aromatic rings. The Bertz CT molecular complexity index is 664. The highest BCUT2D eigenvalue weighted by Crippen LogP contribution is 2.68. The Hall–Kier alpha value is -0.590. The molecular weight excluding hydrogens is 368 g/mol. The number of aliphatic hydroxyl groups excluding tert-OH is 1. The lowest BCUT2D eigenvalue weighted by molar-refractivity contribution is -0.114. The maximum absolute atomic E-state index is 11.4. The van der Waals surface area contributed by atoms with Crippen molar-refractivity contribution in [2.45, 2.75) is 105 Å². The van der Waals surface area contributed by atoms with Gasteiger partial charge < -0.3 is 5.11 Å². The standard InChI is InChI=1S/C28H46O2/c1-19(8-9-21(18-30)20(2)17-29)24-12-13-25-23-11-10-22-7-5-6-15-27(22,3)26(23)14-16-28(24,25)4/h19-20,22-26,29H,5-17H2,1-4H3/t19-,20?,22?,23+,24-,25+,26+,27+,28-/m1/s1. The number of carbonyl (C=O) groups excluding carboxylic acids is 1. The molecule has 0 radical (unpaired) electrons. The average molecular weight is 415 g/mol. The third-order valence-corrected chi connectivity index (χ3v) is 11.2. The van der Waals surface area contributed by atoms with Gasteiger partial charge >= 0.3 is 0 Å². The number of hydrogen-bond donors (Lipinski definition) is 1. The Labute approximate surface area is 185 Å². The molecule has 4 aliphatic carbocycles. The van der Waals surface area contributed by atoms with Gasteiger partial charge in [0.1, 0.15) is 5.94 Å². The van der Waals surface area contributed by atoms with Crippen molar-refractivity contribution < 1.29 is 9.90 Å². The van der Waals surface area contributed by atoms with E-state index in [1.54, 1.807) is 0 Å². The third kappa shape index (κ3) is 3.65. The Kier molecular flexibility index (Phi) is 6.59. The molecule has 0 spiro atoms. The first-order valence-corrected chi connectivity index (χ1v) is 13.2. The smallest absolute Gasteiger partial charge is 0.123 e. The minimum absolute atomic E-state index is 0.0385. The van der Waals surface area contributed by atoms with Crippen LogP contribution in [0.5, 0.6) is 0 Å². The SMILES string of the molecule is CC(CO)C(=C=O)CC[C@@H](C)[C@H]1CC[C@H]2[C@@H]3CCC4CCCC[C@]4(C)[C@H]3CC[C@]12C. The monoisotopic (exact) mass is 414 g/mol. The van der Waals surface area contributed by atoms with Gasteiger partial charge in [-0.3, -0.25) is 0 Å². The van der Waals surface area contributed by atoms with Crippen molar-refractivity contribution in [2.24, 2.45) is 52.3 Å². The largest absolute Gasteiger partial charge is 0.396 e. The molecule has 2 nitrogen and oxygen atoms in total. The van der Waals surface area contributed by atoms with E-state index in [4.69, 9.17) is 0 Å². The van der Waals surface area contributed by atoms with Crippen LogP contribution in [0, 0.1) is 52.3 Å². The summed E-state index contributed by atoms with van der Waals surface area (Å²) in [6.07, 6.45) is 16.6. The van der Waals surface area contributed by atoms with Crippen molar-refractivity contribution >= 4 is 5.94 Å². The van der Waals surface area contributed by atoms with E-state index in [0.717, 1.165) is 48.0 Å². The second-order valence-corrected chi connectivity index (χ2v) is 12.4. The predicted molar refractivity (Wildman–Crippen MR) is 124 cm³/mol. The molecule has 4 saturated carbocycles. The van der Waals surface area contributed by atoms with Crippen molar-refractivity contribution in [1.82, 2.24) is 0 Å². The summed E-state index contributed by atoms with van der Waals surface area (Å²) in [6.45, 7) is 9.77. The van der Waals surface area contributed by atoms with Gasteiger partial charge in [0.25, 0.3) is 0 Å². The van der Waals surface area contributed by atoms with E-state index in [1.807, 2.05) is 6.92 Å². The Morgan fingerprint density at radius 3 is 2.47 bits per heavy atom. The summed E-state index contributed by atoms with van der Waals surface area (Å²) in [5.41, 5.74) is 1.93. The summed E-state index contributed by atoms with van der Waals surface area (Å²) in [5, 5.41) is 9.42. The molecule has 170 valence electrons. The van der Waals surface area contributed by atoms with Gasteiger partial charge in [-0.05, 0) is 111 Å². The first-order chi connectivity index (χ1) is 14.3. The Morgan fingerprint density at radius 1 is 0.967 bits per heavy atom. The van der Waals surface area contributed by atoms with Crippen LogP contribution < -0.4 is 0 Å². The first-order valence-electron chi connectivity index (χ1n) is 13.2. The Morgan fingerprint density at radius 2 is 1.73 bits per heavy atom. The number of hydrogen-bond acceptors (Lipinski definition) is 2. The average Bonchev–Trinajstić information content (AvgIpc) is 3.10. The van der Waals surface area contributed by atoms with E-state index in [1.165, 1.54) is 64.2 Å². The van der Waals surface area contributed by atoms with Crippen LogP contribution in [0.15, 0.2) is 5.57 Å². The second kappa shape index (κ2) is 8.74. The summed E-state index contributed by atoms with van der Waals surface area (Å²) >= 11 is 0. The fourth-order valence-electron chi connectivity index (χ4n) is 9.36. The molecule has 0 amide bonds. The van der Waals surface area contributed by atoms with Crippen LogP contribution in [0.3, 0.4) is 0 Å². The molecule has 9 atom stereocenters. The highest BCUT2D eigenvalue weighted by Gasteiger charge is 2.60. The third-order valence-electron chi connectivity index (χ3n) is 11.2. The van der Waals surface area contributed by atoms with Gasteiger partial charge in [-0.1, -0.05) is 40.5 Å². The maximum atomic E-state index is 11.4. The zero-order valence-electron chi connectivity index (χ0n) is 20.1. The van der Waals surface area contributed by atoms with E-state index < -0.39 is 0 Å². The van der Waals surface area contributed by atoms with Gasteiger partial charge in [-0.25, -0.2) is 4.79 Å². The lowest BCUT2D eigenvalue weighted by Crippen LogP contribution is -2.53. The summed E-state index contributed by atoms with van der Waals surface area (Å²) in [7, 11) is 0. The molecule has 2 heteroatoms. The van der Waals surface area contributed by atoms with Crippen molar-refractivity contribution in [2.75, 3.05) is 6.61 Å². The lowest BCUT2D eigenvalue weighted by Gasteiger charge is -2.61.